The Morgan fingerprint density at radius 1 is 0.870 bits per heavy atom. The van der Waals surface area contributed by atoms with Gasteiger partial charge in [-0.1, -0.05) is 54.4 Å². The summed E-state index contributed by atoms with van der Waals surface area (Å²) in [5, 5.41) is -0.355. The molecule has 0 amide bonds. The molecule has 0 bridgehead atoms. The van der Waals surface area contributed by atoms with Crippen LogP contribution in [0.1, 0.15) is 92.9 Å². The van der Waals surface area contributed by atoms with Crippen LogP contribution in [-0.2, 0) is 14.6 Å². The zero-order chi connectivity index (χ0) is 17.7. The third kappa shape index (κ3) is 3.10. The summed E-state index contributed by atoms with van der Waals surface area (Å²) in [4.78, 5) is 0. The first-order chi connectivity index (χ1) is 10.9. The van der Waals surface area contributed by atoms with Gasteiger partial charge in [-0.05, 0) is 38.5 Å². The Hall–Kier alpha value is -0.0900. The number of unbranched alkanes of at least 4 members (excludes halogenated alkanes) is 2. The molecule has 0 N–H and O–H groups in total. The van der Waals surface area contributed by atoms with Gasteiger partial charge in [-0.3, -0.25) is 0 Å². The summed E-state index contributed by atoms with van der Waals surface area (Å²) in [7, 11) is -3.19. The van der Waals surface area contributed by atoms with Gasteiger partial charge in [0.15, 0.2) is 9.84 Å². The van der Waals surface area contributed by atoms with Gasteiger partial charge in [-0.15, -0.1) is 0 Å². The Labute approximate surface area is 144 Å². The van der Waals surface area contributed by atoms with E-state index in [1.54, 1.807) is 0 Å². The quantitative estimate of drug-likeness (QED) is 0.515. The van der Waals surface area contributed by atoms with Gasteiger partial charge in [-0.25, -0.2) is 8.42 Å². The van der Waals surface area contributed by atoms with Gasteiger partial charge in [-0.2, -0.15) is 0 Å². The lowest BCUT2D eigenvalue weighted by molar-refractivity contribution is -0.0955. The molecule has 4 heteroatoms. The summed E-state index contributed by atoms with van der Waals surface area (Å²) in [6.07, 6.45) is 7.03. The maximum atomic E-state index is 13.5. The zero-order valence-corrected chi connectivity index (χ0v) is 17.0. The van der Waals surface area contributed by atoms with Gasteiger partial charge in [0.2, 0.25) is 0 Å². The predicted molar refractivity (Wildman–Crippen MR) is 98.6 cm³/mol. The van der Waals surface area contributed by atoms with Crippen molar-refractivity contribution < 1.29 is 13.2 Å². The summed E-state index contributed by atoms with van der Waals surface area (Å²) in [5.74, 6) is 0.103. The molecular formula is C19H38O3S. The number of hydrogen-bond acceptors (Lipinski definition) is 3. The number of rotatable bonds is 10. The van der Waals surface area contributed by atoms with E-state index in [1.807, 2.05) is 20.8 Å². The Morgan fingerprint density at radius 2 is 1.48 bits per heavy atom. The summed E-state index contributed by atoms with van der Waals surface area (Å²) in [6.45, 7) is 13.2. The smallest absolute Gasteiger partial charge is 0.162 e. The molecule has 0 spiro atoms. The SMILES string of the molecule is CCCCCOC1(CC)C(CC)C(CC)(CC)S(=O)(=O)C1CC. The van der Waals surface area contributed by atoms with Gasteiger partial charge >= 0.3 is 0 Å². The highest BCUT2D eigenvalue weighted by molar-refractivity contribution is 7.93. The molecule has 0 saturated carbocycles. The van der Waals surface area contributed by atoms with E-state index in [9.17, 15) is 8.42 Å². The van der Waals surface area contributed by atoms with Crippen LogP contribution < -0.4 is 0 Å². The lowest BCUT2D eigenvalue weighted by Gasteiger charge is -2.41. The van der Waals surface area contributed by atoms with Crippen molar-refractivity contribution in [1.29, 1.82) is 0 Å². The average molecular weight is 347 g/mol. The summed E-state index contributed by atoms with van der Waals surface area (Å²) in [5.41, 5.74) is -0.498. The topological polar surface area (TPSA) is 43.4 Å². The molecule has 1 aliphatic heterocycles. The third-order valence-corrected chi connectivity index (χ3v) is 9.83. The van der Waals surface area contributed by atoms with Crippen molar-refractivity contribution >= 4 is 9.84 Å². The lowest BCUT2D eigenvalue weighted by atomic mass is 9.70. The van der Waals surface area contributed by atoms with Crippen LogP contribution in [-0.4, -0.2) is 30.6 Å². The van der Waals surface area contributed by atoms with Crippen LogP contribution in [0.25, 0.3) is 0 Å². The molecule has 1 rings (SSSR count). The average Bonchev–Trinajstić information content (AvgIpc) is 2.71. The van der Waals surface area contributed by atoms with E-state index in [4.69, 9.17) is 4.74 Å². The second-order valence-electron chi connectivity index (χ2n) is 7.04. The van der Waals surface area contributed by atoms with Crippen molar-refractivity contribution in [2.75, 3.05) is 6.61 Å². The van der Waals surface area contributed by atoms with Crippen molar-refractivity contribution in [2.45, 2.75) is 109 Å². The monoisotopic (exact) mass is 346 g/mol. The minimum absolute atomic E-state index is 0.103. The molecule has 1 saturated heterocycles. The molecule has 138 valence electrons. The first kappa shape index (κ1) is 21.0. The van der Waals surface area contributed by atoms with E-state index in [2.05, 4.69) is 20.8 Å². The van der Waals surface area contributed by atoms with Crippen LogP contribution in [0.4, 0.5) is 0 Å². The summed E-state index contributed by atoms with van der Waals surface area (Å²) >= 11 is 0. The molecule has 3 atom stereocenters. The Kier molecular flexibility index (Phi) is 7.59. The van der Waals surface area contributed by atoms with Crippen molar-refractivity contribution in [3.8, 4) is 0 Å². The van der Waals surface area contributed by atoms with E-state index >= 15 is 0 Å². The maximum Gasteiger partial charge on any atom is 0.162 e. The highest BCUT2D eigenvalue weighted by atomic mass is 32.2. The standard InChI is InChI=1S/C19H38O3S/c1-7-13-14-15-22-19(12-6)16(8-2)18(10-4,11-5)23(20,21)17(19)9-3/h16-17H,7-15H2,1-6H3. The lowest BCUT2D eigenvalue weighted by Crippen LogP contribution is -2.48. The van der Waals surface area contributed by atoms with Gasteiger partial charge in [0.1, 0.15) is 0 Å². The van der Waals surface area contributed by atoms with Crippen molar-refractivity contribution in [1.82, 2.24) is 0 Å². The third-order valence-electron chi connectivity index (χ3n) is 6.36. The molecule has 1 aliphatic rings. The summed E-state index contributed by atoms with van der Waals surface area (Å²) in [6, 6.07) is 0. The number of ether oxygens (including phenoxy) is 1. The van der Waals surface area contributed by atoms with Gasteiger partial charge in [0.25, 0.3) is 0 Å². The van der Waals surface area contributed by atoms with Crippen molar-refractivity contribution in [3.63, 3.8) is 0 Å². The van der Waals surface area contributed by atoms with Crippen LogP contribution in [0.2, 0.25) is 0 Å². The highest BCUT2D eigenvalue weighted by Crippen LogP contribution is 2.57. The molecule has 0 aromatic carbocycles. The molecule has 0 radical (unpaired) electrons. The van der Waals surface area contributed by atoms with Gasteiger partial charge in [0.05, 0.1) is 15.6 Å². The Bertz CT molecular complexity index is 453. The van der Waals surface area contributed by atoms with Crippen molar-refractivity contribution in [2.24, 2.45) is 5.92 Å². The fourth-order valence-electron chi connectivity index (χ4n) is 5.23. The van der Waals surface area contributed by atoms with Crippen LogP contribution in [0.15, 0.2) is 0 Å². The molecule has 0 aromatic heterocycles. The minimum Gasteiger partial charge on any atom is -0.373 e. The normalized spacial score (nSPS) is 32.3. The molecule has 1 heterocycles. The highest BCUT2D eigenvalue weighted by Gasteiger charge is 2.68. The molecule has 0 aromatic rings. The van der Waals surface area contributed by atoms with E-state index in [1.165, 1.54) is 0 Å². The maximum absolute atomic E-state index is 13.5. The van der Waals surface area contributed by atoms with Crippen LogP contribution in [0.3, 0.4) is 0 Å². The molecule has 3 unspecified atom stereocenters. The van der Waals surface area contributed by atoms with Crippen LogP contribution >= 0.6 is 0 Å². The second-order valence-corrected chi connectivity index (χ2v) is 9.51. The van der Waals surface area contributed by atoms with E-state index in [-0.39, 0.29) is 11.2 Å². The summed E-state index contributed by atoms with van der Waals surface area (Å²) < 4.78 is 32.8. The second kappa shape index (κ2) is 8.33. The first-order valence-corrected chi connectivity index (χ1v) is 11.3. The van der Waals surface area contributed by atoms with Crippen molar-refractivity contribution in [3.05, 3.63) is 0 Å². The molecule has 1 fully saturated rings. The number of sulfone groups is 1. The van der Waals surface area contributed by atoms with Crippen LogP contribution in [0, 0.1) is 5.92 Å². The van der Waals surface area contributed by atoms with E-state index in [0.717, 1.165) is 32.1 Å². The van der Waals surface area contributed by atoms with Crippen LogP contribution in [0.5, 0.6) is 0 Å². The number of hydrogen-bond donors (Lipinski definition) is 0. The van der Waals surface area contributed by atoms with E-state index in [0.29, 0.717) is 25.9 Å². The Balaban J connectivity index is 3.35. The minimum atomic E-state index is -3.19. The van der Waals surface area contributed by atoms with Gasteiger partial charge in [0, 0.05) is 12.5 Å². The van der Waals surface area contributed by atoms with E-state index < -0.39 is 20.2 Å². The Morgan fingerprint density at radius 3 is 1.87 bits per heavy atom. The molecular weight excluding hydrogens is 308 g/mol. The predicted octanol–water partition coefficient (Wildman–Crippen LogP) is 5.13. The molecule has 23 heavy (non-hydrogen) atoms. The fraction of sp³-hybridized carbons (Fsp3) is 1.00. The molecule has 0 aliphatic carbocycles. The van der Waals surface area contributed by atoms with Gasteiger partial charge < -0.3 is 4.74 Å². The zero-order valence-electron chi connectivity index (χ0n) is 16.2. The molecule has 3 nitrogen and oxygen atoms in total. The largest absolute Gasteiger partial charge is 0.373 e. The first-order valence-electron chi connectivity index (χ1n) is 9.75. The fourth-order valence-corrected chi connectivity index (χ4v) is 8.72.